The van der Waals surface area contributed by atoms with E-state index in [1.807, 2.05) is 0 Å². The quantitative estimate of drug-likeness (QED) is 0.574. The summed E-state index contributed by atoms with van der Waals surface area (Å²) >= 11 is 0. The predicted octanol–water partition coefficient (Wildman–Crippen LogP) is 2.47. The van der Waals surface area contributed by atoms with Gasteiger partial charge in [-0.05, 0) is 32.0 Å². The maximum atomic E-state index is 13.0. The van der Waals surface area contributed by atoms with E-state index < -0.39 is 11.9 Å². The van der Waals surface area contributed by atoms with Gasteiger partial charge in [0.05, 0.1) is 36.7 Å². The van der Waals surface area contributed by atoms with Crippen LogP contribution in [0.3, 0.4) is 0 Å². The lowest BCUT2D eigenvalue weighted by Crippen LogP contribution is -2.26. The van der Waals surface area contributed by atoms with Crippen LogP contribution in [-0.4, -0.2) is 57.5 Å². The molecule has 0 radical (unpaired) electrons. The minimum absolute atomic E-state index is 0.0474. The van der Waals surface area contributed by atoms with Crippen molar-refractivity contribution in [3.8, 4) is 17.1 Å². The lowest BCUT2D eigenvalue weighted by molar-refractivity contribution is 0.0508. The molecule has 0 saturated carbocycles. The summed E-state index contributed by atoms with van der Waals surface area (Å²) in [5.74, 6) is -1.18. The van der Waals surface area contributed by atoms with Crippen molar-refractivity contribution in [3.05, 3.63) is 53.4 Å². The molecule has 1 amide bonds. The number of carbonyl (C=O) groups excluding carboxylic acids is 3. The number of aromatic nitrogens is 3. The topological polar surface area (TPSA) is 117 Å². The fourth-order valence-electron chi connectivity index (χ4n) is 3.36. The van der Waals surface area contributed by atoms with E-state index in [-0.39, 0.29) is 42.9 Å². The molecule has 0 spiro atoms. The van der Waals surface area contributed by atoms with Gasteiger partial charge >= 0.3 is 11.9 Å². The van der Waals surface area contributed by atoms with Crippen molar-refractivity contribution in [2.75, 3.05) is 20.3 Å². The Hall–Kier alpha value is -3.95. The Kier molecular flexibility index (Phi) is 5.28. The minimum atomic E-state index is -0.586. The van der Waals surface area contributed by atoms with Gasteiger partial charge in [0.2, 0.25) is 5.89 Å². The van der Waals surface area contributed by atoms with Crippen molar-refractivity contribution in [1.29, 1.82) is 0 Å². The summed E-state index contributed by atoms with van der Waals surface area (Å²) in [6.45, 7) is 4.05. The van der Waals surface area contributed by atoms with Crippen molar-refractivity contribution in [2.45, 2.75) is 20.4 Å². The van der Waals surface area contributed by atoms with E-state index in [4.69, 9.17) is 13.9 Å². The molecule has 10 nitrogen and oxygen atoms in total. The van der Waals surface area contributed by atoms with E-state index >= 15 is 0 Å². The Morgan fingerprint density at radius 3 is 2.65 bits per heavy atom. The number of hydrogen-bond acceptors (Lipinski definition) is 8. The predicted molar refractivity (Wildman–Crippen MR) is 107 cm³/mol. The molecular weight excluding hydrogens is 404 g/mol. The summed E-state index contributed by atoms with van der Waals surface area (Å²) in [5.41, 5.74) is 2.24. The smallest absolute Gasteiger partial charge is 0.360 e. The first-order valence-electron chi connectivity index (χ1n) is 9.70. The Bertz CT molecular complexity index is 1180. The van der Waals surface area contributed by atoms with E-state index in [0.717, 1.165) is 0 Å². The zero-order chi connectivity index (χ0) is 22.1. The minimum Gasteiger partial charge on any atom is -0.461 e. The molecule has 1 aromatic carbocycles. The van der Waals surface area contributed by atoms with Gasteiger partial charge < -0.3 is 18.8 Å². The molecule has 4 rings (SSSR count). The van der Waals surface area contributed by atoms with E-state index in [9.17, 15) is 14.4 Å². The highest BCUT2D eigenvalue weighted by atomic mass is 16.5. The van der Waals surface area contributed by atoms with Crippen LogP contribution in [0, 0.1) is 0 Å². The maximum absolute atomic E-state index is 13.0. The van der Waals surface area contributed by atoms with Crippen molar-refractivity contribution in [1.82, 2.24) is 19.4 Å². The fraction of sp³-hybridized carbons (Fsp3) is 0.286. The number of benzene rings is 1. The largest absolute Gasteiger partial charge is 0.461 e. The summed E-state index contributed by atoms with van der Waals surface area (Å²) < 4.78 is 17.1. The molecule has 31 heavy (non-hydrogen) atoms. The summed E-state index contributed by atoms with van der Waals surface area (Å²) in [6.07, 6.45) is 2.71. The van der Waals surface area contributed by atoms with Crippen LogP contribution in [0.15, 0.2) is 35.2 Å². The number of imidazole rings is 1. The average Bonchev–Trinajstić information content (AvgIpc) is 3.39. The highest BCUT2D eigenvalue weighted by Crippen LogP contribution is 2.30. The molecule has 3 heterocycles. The van der Waals surface area contributed by atoms with Gasteiger partial charge in [0.1, 0.15) is 12.6 Å². The normalized spacial score (nSPS) is 12.7. The number of carbonyl (C=O) groups is 3. The number of amides is 1. The van der Waals surface area contributed by atoms with Crippen LogP contribution in [0.25, 0.3) is 17.1 Å². The Labute approximate surface area is 177 Å². The number of ether oxygens (including phenoxy) is 2. The molecule has 0 atom stereocenters. The summed E-state index contributed by atoms with van der Waals surface area (Å²) in [5, 5.41) is 0. The van der Waals surface area contributed by atoms with Gasteiger partial charge in [-0.15, -0.1) is 0 Å². The molecule has 0 N–H and O–H groups in total. The van der Waals surface area contributed by atoms with Gasteiger partial charge in [-0.25, -0.2) is 19.6 Å². The molecule has 0 aliphatic carbocycles. The first-order chi connectivity index (χ1) is 14.9. The summed E-state index contributed by atoms with van der Waals surface area (Å²) in [7, 11) is 1.64. The number of oxazole rings is 1. The second-order valence-corrected chi connectivity index (χ2v) is 6.78. The molecule has 0 unspecified atom stereocenters. The van der Waals surface area contributed by atoms with Gasteiger partial charge in [0, 0.05) is 12.6 Å². The van der Waals surface area contributed by atoms with E-state index in [2.05, 4.69) is 9.97 Å². The highest BCUT2D eigenvalue weighted by Gasteiger charge is 2.29. The maximum Gasteiger partial charge on any atom is 0.360 e. The Morgan fingerprint density at radius 1 is 1.16 bits per heavy atom. The lowest BCUT2D eigenvalue weighted by Gasteiger charge is -2.14. The molecule has 0 saturated heterocycles. The number of esters is 2. The second kappa shape index (κ2) is 8.05. The van der Waals surface area contributed by atoms with Crippen molar-refractivity contribution in [3.63, 3.8) is 0 Å². The standard InChI is InChI=1S/C21H20N4O6/c1-4-29-20(27)14-10-31-18(23-14)12-6-7-15-13(8-12)19(26)24(3)9-16-17(21(28)30-5-2)22-11-25(15)16/h6-8,10-11H,4-5,9H2,1-3H3. The third kappa shape index (κ3) is 3.56. The average molecular weight is 424 g/mol. The molecule has 2 aromatic heterocycles. The van der Waals surface area contributed by atoms with Crippen molar-refractivity contribution < 1.29 is 28.3 Å². The van der Waals surface area contributed by atoms with Crippen LogP contribution in [-0.2, 0) is 16.0 Å². The van der Waals surface area contributed by atoms with Crippen LogP contribution in [0.4, 0.5) is 0 Å². The second-order valence-electron chi connectivity index (χ2n) is 6.78. The SMILES string of the molecule is CCOC(=O)c1coc(-c2ccc3c(c2)C(=O)N(C)Cc2c(C(=O)OCC)ncn2-3)n1. The summed E-state index contributed by atoms with van der Waals surface area (Å²) in [4.78, 5) is 47.0. The molecular formula is C21H20N4O6. The van der Waals surface area contributed by atoms with Crippen LogP contribution < -0.4 is 0 Å². The third-order valence-electron chi connectivity index (χ3n) is 4.79. The van der Waals surface area contributed by atoms with Gasteiger partial charge in [-0.2, -0.15) is 0 Å². The van der Waals surface area contributed by atoms with E-state index in [1.54, 1.807) is 43.7 Å². The monoisotopic (exact) mass is 424 g/mol. The number of hydrogen-bond donors (Lipinski definition) is 0. The first-order valence-corrected chi connectivity index (χ1v) is 9.70. The van der Waals surface area contributed by atoms with Crippen LogP contribution in [0.5, 0.6) is 0 Å². The van der Waals surface area contributed by atoms with Gasteiger partial charge in [-0.3, -0.25) is 9.36 Å². The zero-order valence-electron chi connectivity index (χ0n) is 17.2. The number of fused-ring (bicyclic) bond motifs is 3. The number of nitrogens with zero attached hydrogens (tertiary/aromatic N) is 4. The van der Waals surface area contributed by atoms with E-state index in [1.165, 1.54) is 17.5 Å². The van der Waals surface area contributed by atoms with Gasteiger partial charge in [0.25, 0.3) is 5.91 Å². The van der Waals surface area contributed by atoms with Gasteiger partial charge in [0.15, 0.2) is 11.4 Å². The first kappa shape index (κ1) is 20.3. The van der Waals surface area contributed by atoms with Crippen molar-refractivity contribution in [2.24, 2.45) is 0 Å². The summed E-state index contributed by atoms with van der Waals surface area (Å²) in [6, 6.07) is 5.07. The molecule has 3 aromatic rings. The third-order valence-corrected chi connectivity index (χ3v) is 4.79. The van der Waals surface area contributed by atoms with Crippen molar-refractivity contribution >= 4 is 17.8 Å². The van der Waals surface area contributed by atoms with E-state index in [0.29, 0.717) is 22.5 Å². The fourth-order valence-corrected chi connectivity index (χ4v) is 3.36. The highest BCUT2D eigenvalue weighted by molar-refractivity contribution is 6.00. The Balaban J connectivity index is 1.77. The molecule has 1 aliphatic heterocycles. The lowest BCUT2D eigenvalue weighted by atomic mass is 10.1. The number of rotatable bonds is 5. The van der Waals surface area contributed by atoms with Crippen LogP contribution in [0.2, 0.25) is 0 Å². The van der Waals surface area contributed by atoms with Crippen LogP contribution in [0.1, 0.15) is 50.9 Å². The molecule has 0 fully saturated rings. The molecule has 1 aliphatic rings. The van der Waals surface area contributed by atoms with Crippen LogP contribution >= 0.6 is 0 Å². The Morgan fingerprint density at radius 2 is 1.90 bits per heavy atom. The molecule has 0 bridgehead atoms. The molecule has 160 valence electrons. The van der Waals surface area contributed by atoms with Gasteiger partial charge in [-0.1, -0.05) is 0 Å². The molecule has 10 heteroatoms. The zero-order valence-corrected chi connectivity index (χ0v) is 17.2.